The smallest absolute Gasteiger partial charge is 0.0648 e. The van der Waals surface area contributed by atoms with Crippen molar-refractivity contribution in [2.75, 3.05) is 6.61 Å². The molecular weight excluding hydrogens is 196 g/mol. The molecular formula is C15H20O. The van der Waals surface area contributed by atoms with E-state index >= 15 is 0 Å². The fourth-order valence-electron chi connectivity index (χ4n) is 2.49. The maximum absolute atomic E-state index is 5.70. The molecule has 0 saturated heterocycles. The molecule has 0 aliphatic heterocycles. The van der Waals surface area contributed by atoms with Crippen LogP contribution >= 0.6 is 0 Å². The molecule has 86 valence electrons. The Labute approximate surface area is 98.1 Å². The number of hydrogen-bond acceptors (Lipinski definition) is 1. The average Bonchev–Trinajstić information content (AvgIpc) is 2.38. The predicted molar refractivity (Wildman–Crippen MR) is 67.6 cm³/mol. The maximum atomic E-state index is 5.70. The Balaban J connectivity index is 1.83. The first kappa shape index (κ1) is 11.4. The Kier molecular flexibility index (Phi) is 4.17. The predicted octanol–water partition coefficient (Wildman–Crippen LogP) is 3.92. The van der Waals surface area contributed by atoms with Gasteiger partial charge in [-0.1, -0.05) is 36.4 Å². The zero-order valence-corrected chi connectivity index (χ0v) is 9.77. The van der Waals surface area contributed by atoms with Crippen LogP contribution in [0.25, 0.3) is 0 Å². The molecule has 0 unspecified atom stereocenters. The van der Waals surface area contributed by atoms with Gasteiger partial charge >= 0.3 is 0 Å². The molecule has 1 heteroatoms. The molecule has 1 aromatic carbocycles. The third kappa shape index (κ3) is 2.96. The molecule has 16 heavy (non-hydrogen) atoms. The lowest BCUT2D eigenvalue weighted by Gasteiger charge is -2.28. The second-order valence-corrected chi connectivity index (χ2v) is 4.51. The summed E-state index contributed by atoms with van der Waals surface area (Å²) in [5.74, 6) is 0.741. The Morgan fingerprint density at radius 3 is 2.44 bits per heavy atom. The highest BCUT2D eigenvalue weighted by molar-refractivity contribution is 5.19. The minimum atomic E-state index is 0.456. The first-order chi connectivity index (χ1) is 7.90. The van der Waals surface area contributed by atoms with Gasteiger partial charge in [0.2, 0.25) is 0 Å². The van der Waals surface area contributed by atoms with Crippen LogP contribution in [0, 0.1) is 0 Å². The fourth-order valence-corrected chi connectivity index (χ4v) is 2.49. The summed E-state index contributed by atoms with van der Waals surface area (Å²) in [4.78, 5) is 0. The molecule has 0 aromatic heterocycles. The highest BCUT2D eigenvalue weighted by Crippen LogP contribution is 2.33. The van der Waals surface area contributed by atoms with Crippen molar-refractivity contribution in [3.05, 3.63) is 48.6 Å². The normalized spacial score (nSPS) is 25.2. The van der Waals surface area contributed by atoms with Gasteiger partial charge in [0.05, 0.1) is 12.7 Å². The van der Waals surface area contributed by atoms with Gasteiger partial charge in [-0.05, 0) is 37.2 Å². The molecule has 0 radical (unpaired) electrons. The van der Waals surface area contributed by atoms with Gasteiger partial charge in [0.15, 0.2) is 0 Å². The summed E-state index contributed by atoms with van der Waals surface area (Å²) >= 11 is 0. The summed E-state index contributed by atoms with van der Waals surface area (Å²) in [5.41, 5.74) is 1.49. The molecule has 0 N–H and O–H groups in total. The van der Waals surface area contributed by atoms with E-state index in [-0.39, 0.29) is 0 Å². The van der Waals surface area contributed by atoms with Crippen molar-refractivity contribution in [1.29, 1.82) is 0 Å². The van der Waals surface area contributed by atoms with Crippen LogP contribution in [0.4, 0.5) is 0 Å². The molecule has 1 aliphatic rings. The molecule has 0 heterocycles. The van der Waals surface area contributed by atoms with Crippen LogP contribution in [0.5, 0.6) is 0 Å². The molecule has 1 saturated carbocycles. The van der Waals surface area contributed by atoms with E-state index in [0.29, 0.717) is 12.7 Å². The largest absolute Gasteiger partial charge is 0.374 e. The standard InChI is InChI=1S/C15H20O/c1-2-12-16-15-10-8-14(9-11-15)13-6-4-3-5-7-13/h2-7,14-15H,1,8-12H2/t14-,15-. The monoisotopic (exact) mass is 216 g/mol. The van der Waals surface area contributed by atoms with E-state index in [4.69, 9.17) is 4.74 Å². The third-order valence-corrected chi connectivity index (χ3v) is 3.39. The minimum Gasteiger partial charge on any atom is -0.374 e. The molecule has 1 aromatic rings. The van der Waals surface area contributed by atoms with Gasteiger partial charge in [-0.2, -0.15) is 0 Å². The number of hydrogen-bond donors (Lipinski definition) is 0. The zero-order chi connectivity index (χ0) is 11.2. The van der Waals surface area contributed by atoms with E-state index < -0.39 is 0 Å². The first-order valence-corrected chi connectivity index (χ1v) is 6.17. The molecule has 1 aliphatic carbocycles. The second kappa shape index (κ2) is 5.86. The van der Waals surface area contributed by atoms with Gasteiger partial charge in [0.1, 0.15) is 0 Å². The topological polar surface area (TPSA) is 9.23 Å². The molecule has 1 fully saturated rings. The first-order valence-electron chi connectivity index (χ1n) is 6.17. The van der Waals surface area contributed by atoms with Crippen molar-refractivity contribution in [2.45, 2.75) is 37.7 Å². The molecule has 0 amide bonds. The fraction of sp³-hybridized carbons (Fsp3) is 0.467. The Bertz CT molecular complexity index is 309. The van der Waals surface area contributed by atoms with Gasteiger partial charge in [0, 0.05) is 0 Å². The van der Waals surface area contributed by atoms with Crippen molar-refractivity contribution in [2.24, 2.45) is 0 Å². The summed E-state index contributed by atoms with van der Waals surface area (Å²) in [5, 5.41) is 0. The van der Waals surface area contributed by atoms with Crippen LogP contribution in [0.15, 0.2) is 43.0 Å². The number of rotatable bonds is 4. The van der Waals surface area contributed by atoms with E-state index in [0.717, 1.165) is 5.92 Å². The van der Waals surface area contributed by atoms with Crippen molar-refractivity contribution in [3.8, 4) is 0 Å². The third-order valence-electron chi connectivity index (χ3n) is 3.39. The number of ether oxygens (including phenoxy) is 1. The van der Waals surface area contributed by atoms with Gasteiger partial charge in [0.25, 0.3) is 0 Å². The summed E-state index contributed by atoms with van der Waals surface area (Å²) < 4.78 is 5.70. The van der Waals surface area contributed by atoms with Crippen LogP contribution in [-0.4, -0.2) is 12.7 Å². The minimum absolute atomic E-state index is 0.456. The van der Waals surface area contributed by atoms with Crippen LogP contribution in [0.2, 0.25) is 0 Å². The highest BCUT2D eigenvalue weighted by Gasteiger charge is 2.22. The van der Waals surface area contributed by atoms with Crippen molar-refractivity contribution in [1.82, 2.24) is 0 Å². The van der Waals surface area contributed by atoms with Gasteiger partial charge < -0.3 is 4.74 Å². The van der Waals surface area contributed by atoms with Crippen LogP contribution < -0.4 is 0 Å². The Morgan fingerprint density at radius 2 is 1.81 bits per heavy atom. The van der Waals surface area contributed by atoms with Crippen LogP contribution in [-0.2, 0) is 4.74 Å². The van der Waals surface area contributed by atoms with E-state index in [1.807, 2.05) is 6.08 Å². The van der Waals surface area contributed by atoms with Gasteiger partial charge in [-0.25, -0.2) is 0 Å². The van der Waals surface area contributed by atoms with Crippen molar-refractivity contribution in [3.63, 3.8) is 0 Å². The van der Waals surface area contributed by atoms with Crippen molar-refractivity contribution >= 4 is 0 Å². The van der Waals surface area contributed by atoms with Gasteiger partial charge in [-0.3, -0.25) is 0 Å². The SMILES string of the molecule is C=CCO[C@H]1CC[C@H](c2ccccc2)CC1. The summed E-state index contributed by atoms with van der Waals surface area (Å²) in [6, 6.07) is 10.8. The molecule has 1 nitrogen and oxygen atoms in total. The molecule has 0 spiro atoms. The van der Waals surface area contributed by atoms with E-state index in [1.165, 1.54) is 31.2 Å². The maximum Gasteiger partial charge on any atom is 0.0648 e. The highest BCUT2D eigenvalue weighted by atomic mass is 16.5. The lowest BCUT2D eigenvalue weighted by molar-refractivity contribution is 0.0424. The second-order valence-electron chi connectivity index (χ2n) is 4.51. The average molecular weight is 216 g/mol. The summed E-state index contributed by atoms with van der Waals surface area (Å²) in [6.45, 7) is 4.38. The molecule has 2 rings (SSSR count). The summed E-state index contributed by atoms with van der Waals surface area (Å²) in [6.07, 6.45) is 7.18. The van der Waals surface area contributed by atoms with Crippen molar-refractivity contribution < 1.29 is 4.74 Å². The van der Waals surface area contributed by atoms with Gasteiger partial charge in [-0.15, -0.1) is 6.58 Å². The lowest BCUT2D eigenvalue weighted by Crippen LogP contribution is -2.20. The van der Waals surface area contributed by atoms with Crippen LogP contribution in [0.1, 0.15) is 37.2 Å². The Hall–Kier alpha value is -1.08. The van der Waals surface area contributed by atoms with E-state index in [1.54, 1.807) is 0 Å². The van der Waals surface area contributed by atoms with E-state index in [9.17, 15) is 0 Å². The molecule has 0 bridgehead atoms. The number of benzene rings is 1. The quantitative estimate of drug-likeness (QED) is 0.693. The Morgan fingerprint density at radius 1 is 1.12 bits per heavy atom. The lowest BCUT2D eigenvalue weighted by atomic mass is 9.83. The zero-order valence-electron chi connectivity index (χ0n) is 9.77. The summed E-state index contributed by atoms with van der Waals surface area (Å²) in [7, 11) is 0. The van der Waals surface area contributed by atoms with E-state index in [2.05, 4.69) is 36.9 Å². The molecule has 0 atom stereocenters. The van der Waals surface area contributed by atoms with Crippen LogP contribution in [0.3, 0.4) is 0 Å².